The molecule has 4 amide bonds. The second kappa shape index (κ2) is 29.3. The molecule has 17 atom stereocenters. The van der Waals surface area contributed by atoms with Crippen molar-refractivity contribution < 1.29 is 63.8 Å². The van der Waals surface area contributed by atoms with Crippen LogP contribution in [0.4, 0.5) is 0 Å². The number of esters is 1. The number of hydrogen-bond donors (Lipinski definition) is 9. The van der Waals surface area contributed by atoms with Crippen LogP contribution in [0.1, 0.15) is 139 Å². The number of hydrazine groups is 1. The lowest BCUT2D eigenvalue weighted by molar-refractivity contribution is -0.267. The number of Topliss-reactive ketones (excluding diaryl/α,β-unsaturated/α-hetero) is 1. The molecule has 4 heterocycles. The number of rotatable bonds is 15. The lowest BCUT2D eigenvalue weighted by atomic mass is 9.69. The summed E-state index contributed by atoms with van der Waals surface area (Å²) in [5, 5.41) is 66.1. The van der Waals surface area contributed by atoms with E-state index in [2.05, 4.69) is 28.3 Å². The number of fused-ring (bicyclic) bond motifs is 2. The van der Waals surface area contributed by atoms with Gasteiger partial charge in [0.2, 0.25) is 17.7 Å². The van der Waals surface area contributed by atoms with E-state index in [1.54, 1.807) is 51.1 Å². The van der Waals surface area contributed by atoms with E-state index in [1.807, 2.05) is 52.8 Å². The van der Waals surface area contributed by atoms with E-state index >= 15 is 0 Å². The Morgan fingerprint density at radius 3 is 2.36 bits per heavy atom. The van der Waals surface area contributed by atoms with Gasteiger partial charge < -0.3 is 55.8 Å². The Hall–Kier alpha value is -5.24. The number of nitrogens with zero attached hydrogens (tertiary/aromatic N) is 1. The fourth-order valence-corrected chi connectivity index (χ4v) is 11.3. The number of piperidine rings is 1. The second-order valence-corrected chi connectivity index (χ2v) is 23.2. The molecule has 0 saturated carbocycles. The number of aliphatic hydroxyl groups is 4. The number of aliphatic hydroxyl groups excluding tert-OH is 4. The van der Waals surface area contributed by atoms with Crippen molar-refractivity contribution in [3.8, 4) is 5.75 Å². The summed E-state index contributed by atoms with van der Waals surface area (Å²) >= 11 is 0. The Bertz CT molecular complexity index is 2340. The van der Waals surface area contributed by atoms with Crippen molar-refractivity contribution in [3.05, 3.63) is 77.9 Å². The number of carbonyl (C=O) groups is 6. The van der Waals surface area contributed by atoms with Gasteiger partial charge in [0.25, 0.3) is 5.91 Å². The Morgan fingerprint density at radius 2 is 1.68 bits per heavy atom. The van der Waals surface area contributed by atoms with Crippen molar-refractivity contribution in [2.75, 3.05) is 6.54 Å². The van der Waals surface area contributed by atoms with Gasteiger partial charge in [-0.1, -0.05) is 110 Å². The lowest BCUT2D eigenvalue weighted by Crippen LogP contribution is -2.71. The van der Waals surface area contributed by atoms with Gasteiger partial charge in [-0.25, -0.2) is 5.43 Å². The molecule has 0 aromatic heterocycles. The molecule has 1 spiro atoms. The molecular formula is C60H91N5O13. The van der Waals surface area contributed by atoms with Crippen LogP contribution in [-0.4, -0.2) is 133 Å². The number of hydrogen-bond acceptors (Lipinski definition) is 14. The fourth-order valence-electron chi connectivity index (χ4n) is 11.3. The van der Waals surface area contributed by atoms with E-state index < -0.39 is 102 Å². The van der Waals surface area contributed by atoms with Gasteiger partial charge in [0, 0.05) is 61.8 Å². The first-order chi connectivity index (χ1) is 36.9. The van der Waals surface area contributed by atoms with Crippen molar-refractivity contribution >= 4 is 35.4 Å². The van der Waals surface area contributed by atoms with Crippen LogP contribution in [0.15, 0.2) is 72.4 Å². The van der Waals surface area contributed by atoms with Gasteiger partial charge in [0.05, 0.1) is 36.4 Å². The summed E-state index contributed by atoms with van der Waals surface area (Å²) in [6.07, 6.45) is 10.6. The topological polar surface area (TPSA) is 273 Å². The Morgan fingerprint density at radius 1 is 0.949 bits per heavy atom. The Balaban J connectivity index is 1.35. The monoisotopic (exact) mass is 1090 g/mol. The van der Waals surface area contributed by atoms with Gasteiger partial charge >= 0.3 is 5.97 Å². The third kappa shape index (κ3) is 16.7. The highest BCUT2D eigenvalue weighted by atomic mass is 16.5. The first-order valence-electron chi connectivity index (χ1n) is 28.4. The highest BCUT2D eigenvalue weighted by Gasteiger charge is 2.57. The molecular weight excluding hydrogens is 999 g/mol. The number of allylic oxidation sites excluding steroid dienone is 5. The molecule has 18 heteroatoms. The molecule has 0 unspecified atom stereocenters. The zero-order valence-corrected chi connectivity index (χ0v) is 47.6. The van der Waals surface area contributed by atoms with Crippen LogP contribution in [0, 0.1) is 47.3 Å². The van der Waals surface area contributed by atoms with Crippen LogP contribution in [0.2, 0.25) is 0 Å². The average molecular weight is 1090 g/mol. The van der Waals surface area contributed by atoms with Gasteiger partial charge in [0.15, 0.2) is 0 Å². The average Bonchev–Trinajstić information content (AvgIpc) is 3.51. The van der Waals surface area contributed by atoms with Crippen LogP contribution in [0.3, 0.4) is 0 Å². The highest BCUT2D eigenvalue weighted by Crippen LogP contribution is 2.46. The number of ether oxygens (including phenoxy) is 2. The molecule has 0 radical (unpaired) electrons. The maximum atomic E-state index is 14.5. The maximum Gasteiger partial charge on any atom is 0.325 e. The zero-order chi connectivity index (χ0) is 57.6. The number of aromatic hydroxyl groups is 1. The molecule has 2 bridgehead atoms. The number of carbonyl (C=O) groups excluding carboxylic acids is 6. The molecule has 1 aromatic carbocycles. The molecule has 3 saturated heterocycles. The predicted octanol–water partition coefficient (Wildman–Crippen LogP) is 5.41. The van der Waals surface area contributed by atoms with E-state index in [9.17, 15) is 54.3 Å². The van der Waals surface area contributed by atoms with Gasteiger partial charge in [-0.3, -0.25) is 29.0 Å². The van der Waals surface area contributed by atoms with Gasteiger partial charge in [-0.05, 0) is 93.9 Å². The first kappa shape index (κ1) is 63.6. The van der Waals surface area contributed by atoms with E-state index in [1.165, 1.54) is 30.1 Å². The smallest absolute Gasteiger partial charge is 0.325 e. The largest absolute Gasteiger partial charge is 0.508 e. The van der Waals surface area contributed by atoms with Gasteiger partial charge in [-0.2, -0.15) is 0 Å². The molecule has 9 N–H and O–H groups in total. The van der Waals surface area contributed by atoms with Crippen molar-refractivity contribution in [2.24, 2.45) is 47.3 Å². The maximum absolute atomic E-state index is 14.5. The zero-order valence-electron chi connectivity index (χ0n) is 47.6. The van der Waals surface area contributed by atoms with Crippen LogP contribution in [-0.2, 0) is 44.7 Å². The van der Waals surface area contributed by atoms with Crippen molar-refractivity contribution in [3.63, 3.8) is 0 Å². The highest BCUT2D eigenvalue weighted by molar-refractivity contribution is 5.93. The Labute approximate surface area is 461 Å². The van der Waals surface area contributed by atoms with Gasteiger partial charge in [-0.15, -0.1) is 0 Å². The minimum absolute atomic E-state index is 0.0254. The third-order valence-electron chi connectivity index (χ3n) is 16.9. The summed E-state index contributed by atoms with van der Waals surface area (Å²) in [6, 6.07) is 2.90. The number of amides is 4. The first-order valence-corrected chi connectivity index (χ1v) is 28.4. The van der Waals surface area contributed by atoms with Crippen LogP contribution < -0.4 is 21.4 Å². The number of phenols is 1. The molecule has 0 aliphatic carbocycles. The quantitative estimate of drug-likeness (QED) is 0.0786. The molecule has 434 valence electrons. The fraction of sp³-hybridized carbons (Fsp3) is 0.667. The second-order valence-electron chi connectivity index (χ2n) is 23.2. The number of cyclic esters (lactones) is 1. The van der Waals surface area contributed by atoms with E-state index in [-0.39, 0.29) is 79.3 Å². The number of nitrogens with one attached hydrogen (secondary N) is 4. The number of benzene rings is 1. The molecule has 3 fully saturated rings. The normalized spacial score (nSPS) is 34.9. The van der Waals surface area contributed by atoms with Crippen molar-refractivity contribution in [1.29, 1.82) is 0 Å². The van der Waals surface area contributed by atoms with Gasteiger partial charge in [0.1, 0.15) is 41.5 Å². The summed E-state index contributed by atoms with van der Waals surface area (Å²) in [5.41, 5.74) is 3.27. The van der Waals surface area contributed by atoms with E-state index in [0.29, 0.717) is 49.7 Å². The van der Waals surface area contributed by atoms with Crippen LogP contribution in [0.25, 0.3) is 0 Å². The molecule has 4 aliphatic heterocycles. The number of ketones is 1. The van der Waals surface area contributed by atoms with Crippen LogP contribution >= 0.6 is 0 Å². The summed E-state index contributed by atoms with van der Waals surface area (Å²) in [7, 11) is 0. The number of phenolic OH excluding ortho intramolecular Hbond substituents is 1. The standard InChI is InChI=1S/C60H91N5O13/c1-11-43-30-37(6)60(63-55(43)72)41(10)53(70)40(9)51(78-60)33-49(69)35(4)20-14-12-15-21-36(5)50-26-17-13-16-25-48(68)39(8)54(71)45(28-27-38(7)66)56(73)62-52(34(2)3)57(74)61-47(32-42-22-18-23-44(67)31-42)58(75)65-29-19-24-46(64-65)59(76)77-50/h12-13,15-18,21-23,25,31,34-35,37,39-41,43,45-54,64,67-71H,11,14,19-20,24,26-30,32-33H2,1-10H3,(H,61,74)(H,62,73)(H,63,72)/b15-12+,17-13-,25-16-,36-21+/t35-,37-,39-,40-,41-,43-,45+,46+,47-,48-,49-,50-,51-,52-,53-,54+,60+/m0/s1. The molecule has 18 nitrogen and oxygen atoms in total. The minimum atomic E-state index is -1.43. The summed E-state index contributed by atoms with van der Waals surface area (Å²) in [6.45, 7) is 18.3. The third-order valence-corrected chi connectivity index (χ3v) is 16.9. The summed E-state index contributed by atoms with van der Waals surface area (Å²) in [4.78, 5) is 82.2. The minimum Gasteiger partial charge on any atom is -0.508 e. The van der Waals surface area contributed by atoms with E-state index in [0.717, 1.165) is 6.42 Å². The molecule has 4 aliphatic rings. The SMILES string of the molecule is CC[C@H]1C[C@H](C)[C@@]2(NC1=O)O[C@@H](C[C@H](O)[C@@H](C)CC/C=C/C=C(\C)[C@@H]1C/C=C\C=C/[C@H](O)[C@H](C)[C@@H](O)[C@@H](CCC(C)=O)C(=O)N[C@@H](C(C)C)C(=O)N[C@@H](Cc3cccc(O)c3)C(=O)N3CCC[C@@H](N3)C(=O)O1)[C@H](C)[C@H](O)[C@@H]2C. The Kier molecular flexibility index (Phi) is 23.9. The van der Waals surface area contributed by atoms with E-state index in [4.69, 9.17) is 9.47 Å². The summed E-state index contributed by atoms with van der Waals surface area (Å²) < 4.78 is 12.9. The lowest BCUT2D eigenvalue weighted by Gasteiger charge is -2.56. The summed E-state index contributed by atoms with van der Waals surface area (Å²) in [5.74, 6) is -6.33. The molecule has 5 rings (SSSR count). The van der Waals surface area contributed by atoms with Crippen molar-refractivity contribution in [1.82, 2.24) is 26.4 Å². The molecule has 78 heavy (non-hydrogen) atoms. The van der Waals surface area contributed by atoms with Crippen molar-refractivity contribution in [2.45, 2.75) is 200 Å². The van der Waals surface area contributed by atoms with Crippen LogP contribution in [0.5, 0.6) is 5.75 Å². The molecule has 1 aromatic rings. The predicted molar refractivity (Wildman–Crippen MR) is 295 cm³/mol.